The van der Waals surface area contributed by atoms with Crippen LogP contribution in [0, 0.1) is 0 Å². The van der Waals surface area contributed by atoms with E-state index in [-0.39, 0.29) is 24.4 Å². The number of aryl methyl sites for hydroxylation is 1. The van der Waals surface area contributed by atoms with Crippen LogP contribution in [0.5, 0.6) is 5.75 Å². The van der Waals surface area contributed by atoms with Crippen LogP contribution in [0.1, 0.15) is 43.4 Å². The molecule has 158 valence electrons. The van der Waals surface area contributed by atoms with Crippen molar-refractivity contribution in [2.45, 2.75) is 44.8 Å². The van der Waals surface area contributed by atoms with Crippen LogP contribution in [-0.2, 0) is 16.0 Å². The molecule has 0 unspecified atom stereocenters. The van der Waals surface area contributed by atoms with Gasteiger partial charge in [-0.15, -0.1) is 0 Å². The highest BCUT2D eigenvalue weighted by Gasteiger charge is 2.32. The third kappa shape index (κ3) is 4.42. The molecule has 2 amide bonds. The zero-order valence-corrected chi connectivity index (χ0v) is 17.4. The Morgan fingerprint density at radius 1 is 1.13 bits per heavy atom. The van der Waals surface area contributed by atoms with Crippen molar-refractivity contribution in [2.75, 3.05) is 24.5 Å². The molecule has 0 radical (unpaired) electrons. The monoisotopic (exact) mass is 407 g/mol. The Labute approximate surface area is 177 Å². The predicted octanol–water partition coefficient (Wildman–Crippen LogP) is 2.97. The third-order valence-electron chi connectivity index (χ3n) is 5.74. The average molecular weight is 408 g/mol. The lowest BCUT2D eigenvalue weighted by atomic mass is 9.88. The number of amides is 2. The van der Waals surface area contributed by atoms with Crippen molar-refractivity contribution in [1.82, 2.24) is 10.6 Å². The molecule has 2 N–H and O–H groups in total. The molecule has 1 aliphatic heterocycles. The van der Waals surface area contributed by atoms with Crippen LogP contribution in [0.3, 0.4) is 0 Å². The fourth-order valence-electron chi connectivity index (χ4n) is 4.27. The van der Waals surface area contributed by atoms with Gasteiger partial charge in [0.2, 0.25) is 5.91 Å². The Morgan fingerprint density at radius 2 is 1.93 bits per heavy atom. The van der Waals surface area contributed by atoms with Crippen LogP contribution >= 0.6 is 0 Å². The highest BCUT2D eigenvalue weighted by atomic mass is 16.5. The van der Waals surface area contributed by atoms with Crippen LogP contribution in [0.15, 0.2) is 48.5 Å². The first-order chi connectivity index (χ1) is 14.7. The number of ether oxygens (including phenoxy) is 1. The van der Waals surface area contributed by atoms with E-state index in [9.17, 15) is 9.59 Å². The van der Waals surface area contributed by atoms with Crippen LogP contribution in [0.25, 0.3) is 0 Å². The van der Waals surface area contributed by atoms with Crippen LogP contribution in [0.2, 0.25) is 0 Å². The number of fused-ring (bicyclic) bond motifs is 2. The maximum Gasteiger partial charge on any atom is 0.262 e. The van der Waals surface area contributed by atoms with Crippen molar-refractivity contribution in [3.05, 3.63) is 59.7 Å². The molecule has 1 heterocycles. The summed E-state index contributed by atoms with van der Waals surface area (Å²) < 4.78 is 5.91. The molecule has 2 atom stereocenters. The summed E-state index contributed by atoms with van der Waals surface area (Å²) in [6.07, 6.45) is 3.32. The first kappa shape index (κ1) is 20.3. The summed E-state index contributed by atoms with van der Waals surface area (Å²) in [7, 11) is 0. The SMILES string of the molecule is CCCNC(=O)[C@@H]1CN(CC(=O)N[C@@H]2CCCc3ccccc32)c2ccccc2O1. The van der Waals surface area contributed by atoms with Crippen LogP contribution in [-0.4, -0.2) is 37.6 Å². The molecule has 0 saturated carbocycles. The molecule has 2 aromatic carbocycles. The number of hydrogen-bond acceptors (Lipinski definition) is 4. The van der Waals surface area contributed by atoms with Gasteiger partial charge in [0.1, 0.15) is 5.75 Å². The maximum atomic E-state index is 13.0. The smallest absolute Gasteiger partial charge is 0.262 e. The summed E-state index contributed by atoms with van der Waals surface area (Å²) in [4.78, 5) is 27.4. The lowest BCUT2D eigenvalue weighted by Gasteiger charge is -2.35. The van der Waals surface area contributed by atoms with Gasteiger partial charge in [0.25, 0.3) is 5.91 Å². The molecule has 2 aromatic rings. The molecule has 6 heteroatoms. The molecule has 30 heavy (non-hydrogen) atoms. The molecule has 0 spiro atoms. The standard InChI is InChI=1S/C24H29N3O3/c1-2-14-25-24(29)22-15-27(20-12-5-6-13-21(20)30-22)16-23(28)26-19-11-7-9-17-8-3-4-10-18(17)19/h3-6,8,10,12-13,19,22H,2,7,9,11,14-16H2,1H3,(H,25,29)(H,26,28)/t19-,22+/m1/s1. The molecular formula is C24H29N3O3. The summed E-state index contributed by atoms with van der Waals surface area (Å²) in [5.74, 6) is 0.454. The Hall–Kier alpha value is -3.02. The van der Waals surface area contributed by atoms with Crippen molar-refractivity contribution >= 4 is 17.5 Å². The van der Waals surface area contributed by atoms with Crippen molar-refractivity contribution in [2.24, 2.45) is 0 Å². The molecule has 2 aliphatic rings. The number of nitrogens with one attached hydrogen (secondary N) is 2. The van der Waals surface area contributed by atoms with E-state index in [1.807, 2.05) is 42.2 Å². The van der Waals surface area contributed by atoms with Gasteiger partial charge in [-0.1, -0.05) is 43.3 Å². The highest BCUT2D eigenvalue weighted by Crippen LogP contribution is 2.33. The number of benzene rings is 2. The number of rotatable bonds is 6. The number of anilines is 1. The molecule has 0 saturated heterocycles. The summed E-state index contributed by atoms with van der Waals surface area (Å²) in [5.41, 5.74) is 3.38. The second-order valence-corrected chi connectivity index (χ2v) is 7.96. The van der Waals surface area contributed by atoms with Gasteiger partial charge >= 0.3 is 0 Å². The van der Waals surface area contributed by atoms with Gasteiger partial charge < -0.3 is 20.3 Å². The van der Waals surface area contributed by atoms with E-state index >= 15 is 0 Å². The molecular weight excluding hydrogens is 378 g/mol. The van der Waals surface area contributed by atoms with Gasteiger partial charge in [-0.3, -0.25) is 9.59 Å². The second kappa shape index (κ2) is 9.20. The first-order valence-corrected chi connectivity index (χ1v) is 10.8. The molecule has 4 rings (SSSR count). The van der Waals surface area contributed by atoms with Crippen molar-refractivity contribution < 1.29 is 14.3 Å². The van der Waals surface area contributed by atoms with E-state index in [1.165, 1.54) is 11.1 Å². The van der Waals surface area contributed by atoms with E-state index in [4.69, 9.17) is 4.74 Å². The number of para-hydroxylation sites is 2. The molecule has 0 bridgehead atoms. The van der Waals surface area contributed by atoms with Gasteiger partial charge in [-0.05, 0) is 48.9 Å². The lowest BCUT2D eigenvalue weighted by molar-refractivity contribution is -0.128. The fraction of sp³-hybridized carbons (Fsp3) is 0.417. The van der Waals surface area contributed by atoms with Crippen molar-refractivity contribution in [3.63, 3.8) is 0 Å². The molecule has 6 nitrogen and oxygen atoms in total. The minimum Gasteiger partial charge on any atom is -0.477 e. The van der Waals surface area contributed by atoms with Gasteiger partial charge in [-0.25, -0.2) is 0 Å². The minimum atomic E-state index is -0.630. The third-order valence-corrected chi connectivity index (χ3v) is 5.74. The first-order valence-electron chi connectivity index (χ1n) is 10.8. The van der Waals surface area contributed by atoms with E-state index in [2.05, 4.69) is 28.8 Å². The Bertz CT molecular complexity index is 914. The molecule has 1 aliphatic carbocycles. The maximum absolute atomic E-state index is 13.0. The van der Waals surface area contributed by atoms with Crippen molar-refractivity contribution in [3.8, 4) is 5.75 Å². The number of nitrogens with zero attached hydrogens (tertiary/aromatic N) is 1. The highest BCUT2D eigenvalue weighted by molar-refractivity contribution is 5.86. The molecule has 0 aromatic heterocycles. The number of carbonyl (C=O) groups is 2. The van der Waals surface area contributed by atoms with Crippen LogP contribution in [0.4, 0.5) is 5.69 Å². The lowest BCUT2D eigenvalue weighted by Crippen LogP contribution is -2.51. The van der Waals surface area contributed by atoms with E-state index in [1.54, 1.807) is 0 Å². The largest absolute Gasteiger partial charge is 0.477 e. The van der Waals surface area contributed by atoms with E-state index in [0.717, 1.165) is 31.4 Å². The normalized spacial score (nSPS) is 19.8. The quantitative estimate of drug-likeness (QED) is 0.772. The fourth-order valence-corrected chi connectivity index (χ4v) is 4.27. The summed E-state index contributed by atoms with van der Waals surface area (Å²) in [6.45, 7) is 3.16. The van der Waals surface area contributed by atoms with E-state index in [0.29, 0.717) is 18.8 Å². The summed E-state index contributed by atoms with van der Waals surface area (Å²) in [5, 5.41) is 6.10. The van der Waals surface area contributed by atoms with Crippen molar-refractivity contribution in [1.29, 1.82) is 0 Å². The van der Waals surface area contributed by atoms with Gasteiger partial charge in [0.05, 0.1) is 24.8 Å². The Morgan fingerprint density at radius 3 is 2.80 bits per heavy atom. The van der Waals surface area contributed by atoms with E-state index < -0.39 is 6.10 Å². The Kier molecular flexibility index (Phi) is 6.21. The predicted molar refractivity (Wildman–Crippen MR) is 117 cm³/mol. The van der Waals surface area contributed by atoms with Gasteiger partial charge in [0, 0.05) is 6.54 Å². The zero-order chi connectivity index (χ0) is 20.9. The summed E-state index contributed by atoms with van der Waals surface area (Å²) >= 11 is 0. The average Bonchev–Trinajstić information content (AvgIpc) is 2.77. The summed E-state index contributed by atoms with van der Waals surface area (Å²) in [6, 6.07) is 15.9. The number of carbonyl (C=O) groups excluding carboxylic acids is 2. The molecule has 0 fully saturated rings. The number of hydrogen-bond donors (Lipinski definition) is 2. The Balaban J connectivity index is 1.46. The second-order valence-electron chi connectivity index (χ2n) is 7.96. The topological polar surface area (TPSA) is 70.7 Å². The van der Waals surface area contributed by atoms with Gasteiger partial charge in [0.15, 0.2) is 6.10 Å². The zero-order valence-electron chi connectivity index (χ0n) is 17.4. The van der Waals surface area contributed by atoms with Gasteiger partial charge in [-0.2, -0.15) is 0 Å². The van der Waals surface area contributed by atoms with Crippen LogP contribution < -0.4 is 20.3 Å². The minimum absolute atomic E-state index is 0.0406.